The van der Waals surface area contributed by atoms with E-state index < -0.39 is 5.97 Å². The smallest absolute Gasteiger partial charge is 0.337 e. The number of aryl methyl sites for hydroxylation is 1. The number of aromatic nitrogens is 1. The van der Waals surface area contributed by atoms with Crippen molar-refractivity contribution in [3.8, 4) is 0 Å². The molecule has 0 fully saturated rings. The lowest BCUT2D eigenvalue weighted by atomic mass is 10.2. The van der Waals surface area contributed by atoms with Gasteiger partial charge in [-0.15, -0.1) is 0 Å². The Hall–Kier alpha value is -1.58. The lowest BCUT2D eigenvalue weighted by Crippen LogP contribution is -2.18. The van der Waals surface area contributed by atoms with Crippen LogP contribution in [0.25, 0.3) is 0 Å². The van der Waals surface area contributed by atoms with Crippen LogP contribution in [0.4, 0.5) is 5.82 Å². The summed E-state index contributed by atoms with van der Waals surface area (Å²) in [5.74, 6) is -0.129. The van der Waals surface area contributed by atoms with Crippen LogP contribution in [0.1, 0.15) is 23.0 Å². The third kappa shape index (κ3) is 2.02. The molecule has 0 spiro atoms. The molecule has 1 aromatic rings. The van der Waals surface area contributed by atoms with Gasteiger partial charge in [0.05, 0.1) is 11.3 Å². The Labute approximate surface area is 83.2 Å². The van der Waals surface area contributed by atoms with E-state index in [4.69, 9.17) is 5.11 Å². The molecule has 0 aliphatic rings. The SMILES string of the molecule is CCN(C)c1ccc(C(=O)O)c(C)n1. The molecule has 0 saturated carbocycles. The summed E-state index contributed by atoms with van der Waals surface area (Å²) in [6, 6.07) is 3.31. The van der Waals surface area contributed by atoms with Gasteiger partial charge in [0.1, 0.15) is 5.82 Å². The summed E-state index contributed by atoms with van der Waals surface area (Å²) in [6.07, 6.45) is 0. The van der Waals surface area contributed by atoms with Crippen molar-refractivity contribution in [3.63, 3.8) is 0 Å². The Morgan fingerprint density at radius 1 is 1.57 bits per heavy atom. The third-order valence-corrected chi connectivity index (χ3v) is 2.17. The number of pyridine rings is 1. The van der Waals surface area contributed by atoms with Crippen molar-refractivity contribution in [2.24, 2.45) is 0 Å². The first-order valence-electron chi connectivity index (χ1n) is 4.48. The molecule has 0 aliphatic heterocycles. The highest BCUT2D eigenvalue weighted by molar-refractivity contribution is 5.89. The van der Waals surface area contributed by atoms with E-state index in [1.807, 2.05) is 18.9 Å². The highest BCUT2D eigenvalue weighted by Gasteiger charge is 2.09. The number of carbonyl (C=O) groups is 1. The number of hydrogen-bond acceptors (Lipinski definition) is 3. The number of anilines is 1. The zero-order valence-electron chi connectivity index (χ0n) is 8.61. The minimum atomic E-state index is -0.930. The zero-order valence-corrected chi connectivity index (χ0v) is 8.61. The molecule has 0 aromatic carbocycles. The summed E-state index contributed by atoms with van der Waals surface area (Å²) in [5.41, 5.74) is 0.813. The van der Waals surface area contributed by atoms with Gasteiger partial charge < -0.3 is 10.0 Å². The lowest BCUT2D eigenvalue weighted by Gasteiger charge is -2.16. The van der Waals surface area contributed by atoms with Crippen molar-refractivity contribution in [1.82, 2.24) is 4.98 Å². The van der Waals surface area contributed by atoms with Crippen molar-refractivity contribution in [2.45, 2.75) is 13.8 Å². The number of aromatic carboxylic acids is 1. The quantitative estimate of drug-likeness (QED) is 0.793. The van der Waals surface area contributed by atoms with Gasteiger partial charge in [0.25, 0.3) is 0 Å². The Bertz CT molecular complexity index is 350. The van der Waals surface area contributed by atoms with Crippen LogP contribution in [0.3, 0.4) is 0 Å². The second kappa shape index (κ2) is 4.09. The van der Waals surface area contributed by atoms with Crippen LogP contribution >= 0.6 is 0 Å². The van der Waals surface area contributed by atoms with Gasteiger partial charge in [-0.25, -0.2) is 9.78 Å². The molecule has 0 atom stereocenters. The summed E-state index contributed by atoms with van der Waals surface area (Å²) in [5, 5.41) is 8.80. The second-order valence-electron chi connectivity index (χ2n) is 3.12. The number of carboxylic acid groups (broad SMARTS) is 1. The average Bonchev–Trinajstić information content (AvgIpc) is 2.15. The molecular formula is C10H14N2O2. The molecule has 0 aliphatic carbocycles. The summed E-state index contributed by atoms with van der Waals surface area (Å²) in [7, 11) is 1.92. The van der Waals surface area contributed by atoms with Gasteiger partial charge in [0.2, 0.25) is 0 Å². The van der Waals surface area contributed by atoms with E-state index >= 15 is 0 Å². The summed E-state index contributed by atoms with van der Waals surface area (Å²) < 4.78 is 0. The van der Waals surface area contributed by atoms with Gasteiger partial charge in [0.15, 0.2) is 0 Å². The molecule has 0 unspecified atom stereocenters. The predicted octanol–water partition coefficient (Wildman–Crippen LogP) is 1.54. The van der Waals surface area contributed by atoms with Crippen LogP contribution in [-0.4, -0.2) is 29.7 Å². The van der Waals surface area contributed by atoms with Crippen molar-refractivity contribution in [2.75, 3.05) is 18.5 Å². The monoisotopic (exact) mass is 194 g/mol. The first-order valence-corrected chi connectivity index (χ1v) is 4.48. The number of nitrogens with zero attached hydrogens (tertiary/aromatic N) is 2. The first-order chi connectivity index (χ1) is 6.56. The van der Waals surface area contributed by atoms with Gasteiger partial charge in [0, 0.05) is 13.6 Å². The molecule has 0 radical (unpaired) electrons. The van der Waals surface area contributed by atoms with Crippen molar-refractivity contribution < 1.29 is 9.90 Å². The van der Waals surface area contributed by atoms with E-state index in [1.54, 1.807) is 19.1 Å². The molecule has 0 amide bonds. The van der Waals surface area contributed by atoms with Gasteiger partial charge in [-0.2, -0.15) is 0 Å². The largest absolute Gasteiger partial charge is 0.478 e. The van der Waals surface area contributed by atoms with Gasteiger partial charge >= 0.3 is 5.97 Å². The molecule has 14 heavy (non-hydrogen) atoms. The standard InChI is InChI=1S/C10H14N2O2/c1-4-12(3)9-6-5-8(10(13)14)7(2)11-9/h5-6H,4H2,1-3H3,(H,13,14). The summed E-state index contributed by atoms with van der Waals surface area (Å²) >= 11 is 0. The fraction of sp³-hybridized carbons (Fsp3) is 0.400. The van der Waals surface area contributed by atoms with Crippen LogP contribution in [0.15, 0.2) is 12.1 Å². The Morgan fingerprint density at radius 2 is 2.21 bits per heavy atom. The highest BCUT2D eigenvalue weighted by atomic mass is 16.4. The third-order valence-electron chi connectivity index (χ3n) is 2.17. The van der Waals surface area contributed by atoms with Crippen LogP contribution < -0.4 is 4.90 Å². The highest BCUT2D eigenvalue weighted by Crippen LogP contribution is 2.13. The average molecular weight is 194 g/mol. The maximum atomic E-state index is 10.7. The Morgan fingerprint density at radius 3 is 2.64 bits per heavy atom. The van der Waals surface area contributed by atoms with E-state index in [0.29, 0.717) is 5.69 Å². The number of carboxylic acids is 1. The minimum absolute atomic E-state index is 0.262. The predicted molar refractivity (Wildman–Crippen MR) is 54.9 cm³/mol. The molecule has 0 saturated heterocycles. The summed E-state index contributed by atoms with van der Waals surface area (Å²) in [6.45, 7) is 4.57. The maximum absolute atomic E-state index is 10.7. The van der Waals surface area contributed by atoms with Crippen LogP contribution in [0, 0.1) is 6.92 Å². The first kappa shape index (κ1) is 10.5. The van der Waals surface area contributed by atoms with E-state index in [1.165, 1.54) is 0 Å². The van der Waals surface area contributed by atoms with Crippen molar-refractivity contribution in [1.29, 1.82) is 0 Å². The molecule has 4 nitrogen and oxygen atoms in total. The van der Waals surface area contributed by atoms with E-state index in [9.17, 15) is 4.79 Å². The van der Waals surface area contributed by atoms with Crippen molar-refractivity contribution in [3.05, 3.63) is 23.4 Å². The zero-order chi connectivity index (χ0) is 10.7. The van der Waals surface area contributed by atoms with Crippen LogP contribution in [0.5, 0.6) is 0 Å². The lowest BCUT2D eigenvalue weighted by molar-refractivity contribution is 0.0695. The fourth-order valence-corrected chi connectivity index (χ4v) is 1.15. The molecule has 76 valence electrons. The number of hydrogen-bond donors (Lipinski definition) is 1. The van der Waals surface area contributed by atoms with Gasteiger partial charge in [-0.1, -0.05) is 0 Å². The van der Waals surface area contributed by atoms with E-state index in [2.05, 4.69) is 4.98 Å². The van der Waals surface area contributed by atoms with Crippen LogP contribution in [-0.2, 0) is 0 Å². The number of rotatable bonds is 3. The van der Waals surface area contributed by atoms with E-state index in [-0.39, 0.29) is 5.56 Å². The molecular weight excluding hydrogens is 180 g/mol. The van der Waals surface area contributed by atoms with Gasteiger partial charge in [-0.3, -0.25) is 0 Å². The molecule has 1 N–H and O–H groups in total. The van der Waals surface area contributed by atoms with Crippen molar-refractivity contribution >= 4 is 11.8 Å². The van der Waals surface area contributed by atoms with E-state index in [0.717, 1.165) is 12.4 Å². The Balaban J connectivity index is 3.06. The summed E-state index contributed by atoms with van der Waals surface area (Å²) in [4.78, 5) is 16.9. The van der Waals surface area contributed by atoms with Gasteiger partial charge in [-0.05, 0) is 26.0 Å². The molecule has 1 rings (SSSR count). The fourth-order valence-electron chi connectivity index (χ4n) is 1.15. The Kier molecular flexibility index (Phi) is 3.06. The maximum Gasteiger partial charge on any atom is 0.337 e. The minimum Gasteiger partial charge on any atom is -0.478 e. The molecule has 0 bridgehead atoms. The topological polar surface area (TPSA) is 53.4 Å². The molecule has 1 heterocycles. The second-order valence-corrected chi connectivity index (χ2v) is 3.12. The normalized spacial score (nSPS) is 9.93. The molecule has 1 aromatic heterocycles. The molecule has 4 heteroatoms. The van der Waals surface area contributed by atoms with Crippen LogP contribution in [0.2, 0.25) is 0 Å².